The molecule has 1 amide bonds. The SMILES string of the molecule is CCN(CC(=O)NC(C)(C)C)Cc1csc(-c2ccc(C(F)(F)F)cc2)n1. The van der Waals surface area contributed by atoms with Crippen molar-refractivity contribution in [3.05, 3.63) is 40.9 Å². The molecule has 8 heteroatoms. The molecule has 1 aromatic heterocycles. The van der Waals surface area contributed by atoms with Gasteiger partial charge in [-0.1, -0.05) is 19.1 Å². The summed E-state index contributed by atoms with van der Waals surface area (Å²) in [6, 6.07) is 4.98. The number of thiazole rings is 1. The predicted octanol–water partition coefficient (Wildman–Crippen LogP) is 4.57. The summed E-state index contributed by atoms with van der Waals surface area (Å²) in [6.07, 6.45) is -4.35. The van der Waals surface area contributed by atoms with Gasteiger partial charge in [0.25, 0.3) is 0 Å². The quantitative estimate of drug-likeness (QED) is 0.774. The third-order valence-electron chi connectivity index (χ3n) is 3.73. The molecule has 0 bridgehead atoms. The van der Waals surface area contributed by atoms with Crippen LogP contribution in [0.2, 0.25) is 0 Å². The summed E-state index contributed by atoms with van der Waals surface area (Å²) in [5.74, 6) is -0.0532. The summed E-state index contributed by atoms with van der Waals surface area (Å²) in [4.78, 5) is 18.6. The van der Waals surface area contributed by atoms with E-state index < -0.39 is 11.7 Å². The number of alkyl halides is 3. The molecule has 0 fully saturated rings. The number of hydrogen-bond acceptors (Lipinski definition) is 4. The zero-order valence-electron chi connectivity index (χ0n) is 15.9. The van der Waals surface area contributed by atoms with E-state index in [-0.39, 0.29) is 18.0 Å². The fourth-order valence-corrected chi connectivity index (χ4v) is 3.30. The fraction of sp³-hybridized carbons (Fsp3) is 0.474. The van der Waals surface area contributed by atoms with E-state index in [1.807, 2.05) is 38.0 Å². The first-order chi connectivity index (χ1) is 12.5. The number of hydrogen-bond donors (Lipinski definition) is 1. The van der Waals surface area contributed by atoms with Gasteiger partial charge in [-0.05, 0) is 39.4 Å². The third kappa shape index (κ3) is 6.62. The first-order valence-electron chi connectivity index (χ1n) is 8.63. The van der Waals surface area contributed by atoms with Gasteiger partial charge in [0.1, 0.15) is 5.01 Å². The number of rotatable bonds is 6. The van der Waals surface area contributed by atoms with Gasteiger partial charge in [0.15, 0.2) is 0 Å². The van der Waals surface area contributed by atoms with Gasteiger partial charge in [0.2, 0.25) is 5.91 Å². The van der Waals surface area contributed by atoms with Crippen LogP contribution in [0.4, 0.5) is 13.2 Å². The van der Waals surface area contributed by atoms with E-state index in [1.165, 1.54) is 23.5 Å². The molecule has 1 aromatic carbocycles. The highest BCUT2D eigenvalue weighted by atomic mass is 32.1. The second-order valence-electron chi connectivity index (χ2n) is 7.32. The van der Waals surface area contributed by atoms with E-state index in [9.17, 15) is 18.0 Å². The van der Waals surface area contributed by atoms with Crippen LogP contribution in [-0.4, -0.2) is 34.4 Å². The van der Waals surface area contributed by atoms with Gasteiger partial charge >= 0.3 is 6.18 Å². The van der Waals surface area contributed by atoms with Crippen molar-refractivity contribution in [2.24, 2.45) is 0 Å². The van der Waals surface area contributed by atoms with Gasteiger partial charge in [0.05, 0.1) is 17.8 Å². The van der Waals surface area contributed by atoms with Crippen LogP contribution in [0.15, 0.2) is 29.6 Å². The molecule has 2 rings (SSSR count). The Bertz CT molecular complexity index is 764. The molecule has 1 heterocycles. The van der Waals surface area contributed by atoms with E-state index in [4.69, 9.17) is 0 Å². The molecule has 0 aliphatic carbocycles. The summed E-state index contributed by atoms with van der Waals surface area (Å²) >= 11 is 1.38. The molecule has 0 atom stereocenters. The molecule has 4 nitrogen and oxygen atoms in total. The number of nitrogens with one attached hydrogen (secondary N) is 1. The van der Waals surface area contributed by atoms with Crippen LogP contribution in [-0.2, 0) is 17.5 Å². The lowest BCUT2D eigenvalue weighted by atomic mass is 10.1. The average Bonchev–Trinajstić information content (AvgIpc) is 3.00. The minimum atomic E-state index is -4.35. The number of benzene rings is 1. The number of carbonyl (C=O) groups is 1. The zero-order chi connectivity index (χ0) is 20.2. The highest BCUT2D eigenvalue weighted by molar-refractivity contribution is 7.13. The number of likely N-dealkylation sites (N-methyl/N-ethyl adjacent to an activating group) is 1. The highest BCUT2D eigenvalue weighted by Crippen LogP contribution is 2.31. The summed E-state index contributed by atoms with van der Waals surface area (Å²) < 4.78 is 38.0. The van der Waals surface area contributed by atoms with E-state index in [1.54, 1.807) is 0 Å². The minimum absolute atomic E-state index is 0.0532. The number of halogens is 3. The number of aromatic nitrogens is 1. The molecule has 0 spiro atoms. The minimum Gasteiger partial charge on any atom is -0.350 e. The van der Waals surface area contributed by atoms with E-state index >= 15 is 0 Å². The Balaban J connectivity index is 2.03. The van der Waals surface area contributed by atoms with Crippen molar-refractivity contribution in [2.45, 2.75) is 46.0 Å². The van der Waals surface area contributed by atoms with E-state index in [2.05, 4.69) is 10.3 Å². The van der Waals surface area contributed by atoms with Crippen molar-refractivity contribution < 1.29 is 18.0 Å². The van der Waals surface area contributed by atoms with E-state index in [0.717, 1.165) is 17.8 Å². The molecule has 0 unspecified atom stereocenters. The Morgan fingerprint density at radius 3 is 2.33 bits per heavy atom. The molecule has 2 aromatic rings. The fourth-order valence-electron chi connectivity index (χ4n) is 2.48. The molecule has 0 radical (unpaired) electrons. The van der Waals surface area contributed by atoms with Crippen molar-refractivity contribution in [3.63, 3.8) is 0 Å². The molecular formula is C19H24F3N3OS. The highest BCUT2D eigenvalue weighted by Gasteiger charge is 2.30. The maximum atomic E-state index is 12.7. The van der Waals surface area contributed by atoms with Crippen LogP contribution in [0.25, 0.3) is 10.6 Å². The topological polar surface area (TPSA) is 45.2 Å². The zero-order valence-corrected chi connectivity index (χ0v) is 16.7. The Morgan fingerprint density at radius 1 is 1.19 bits per heavy atom. The molecule has 148 valence electrons. The van der Waals surface area contributed by atoms with Crippen molar-refractivity contribution in [3.8, 4) is 10.6 Å². The van der Waals surface area contributed by atoms with Gasteiger partial charge in [-0.25, -0.2) is 4.98 Å². The van der Waals surface area contributed by atoms with E-state index in [0.29, 0.717) is 23.7 Å². The van der Waals surface area contributed by atoms with Crippen molar-refractivity contribution in [2.75, 3.05) is 13.1 Å². The largest absolute Gasteiger partial charge is 0.416 e. The normalized spacial score (nSPS) is 12.4. The smallest absolute Gasteiger partial charge is 0.350 e. The standard InChI is InChI=1S/C19H24F3N3OS/c1-5-25(11-16(26)24-18(2,3)4)10-15-12-27-17(23-15)13-6-8-14(9-7-13)19(20,21)22/h6-9,12H,5,10-11H2,1-4H3,(H,24,26). The Labute approximate surface area is 161 Å². The van der Waals surface area contributed by atoms with Crippen molar-refractivity contribution >= 4 is 17.2 Å². The average molecular weight is 399 g/mol. The first kappa shape index (κ1) is 21.4. The summed E-state index contributed by atoms with van der Waals surface area (Å²) in [6.45, 7) is 9.21. The van der Waals surface area contributed by atoms with Gasteiger partial charge in [-0.15, -0.1) is 11.3 Å². The second-order valence-corrected chi connectivity index (χ2v) is 8.18. The number of nitrogens with zero attached hydrogens (tertiary/aromatic N) is 2. The van der Waals surface area contributed by atoms with Crippen LogP contribution < -0.4 is 5.32 Å². The molecule has 0 saturated heterocycles. The predicted molar refractivity (Wildman–Crippen MR) is 101 cm³/mol. The molecule has 27 heavy (non-hydrogen) atoms. The number of carbonyl (C=O) groups excluding carboxylic acids is 1. The lowest BCUT2D eigenvalue weighted by Crippen LogP contribution is -2.45. The summed E-state index contributed by atoms with van der Waals surface area (Å²) in [5, 5.41) is 5.46. The van der Waals surface area contributed by atoms with Gasteiger partial charge in [0, 0.05) is 23.0 Å². The van der Waals surface area contributed by atoms with Crippen molar-refractivity contribution in [1.82, 2.24) is 15.2 Å². The maximum absolute atomic E-state index is 12.7. The molecular weight excluding hydrogens is 375 g/mol. The maximum Gasteiger partial charge on any atom is 0.416 e. The van der Waals surface area contributed by atoms with Crippen LogP contribution in [0.5, 0.6) is 0 Å². The number of amides is 1. The summed E-state index contributed by atoms with van der Waals surface area (Å²) in [5.41, 5.74) is 0.477. The van der Waals surface area contributed by atoms with Crippen molar-refractivity contribution in [1.29, 1.82) is 0 Å². The first-order valence-corrected chi connectivity index (χ1v) is 9.51. The third-order valence-corrected chi connectivity index (χ3v) is 4.67. The lowest BCUT2D eigenvalue weighted by molar-refractivity contribution is -0.137. The second kappa shape index (κ2) is 8.39. The van der Waals surface area contributed by atoms with Gasteiger partial charge < -0.3 is 5.32 Å². The molecule has 0 saturated carbocycles. The van der Waals surface area contributed by atoms with Crippen LogP contribution in [0, 0.1) is 0 Å². The van der Waals surface area contributed by atoms with Gasteiger partial charge in [-0.3, -0.25) is 9.69 Å². The van der Waals surface area contributed by atoms with Crippen LogP contribution >= 0.6 is 11.3 Å². The van der Waals surface area contributed by atoms with Crippen LogP contribution in [0.3, 0.4) is 0 Å². The molecule has 1 N–H and O–H groups in total. The monoisotopic (exact) mass is 399 g/mol. The van der Waals surface area contributed by atoms with Gasteiger partial charge in [-0.2, -0.15) is 13.2 Å². The molecule has 0 aliphatic rings. The lowest BCUT2D eigenvalue weighted by Gasteiger charge is -2.24. The Morgan fingerprint density at radius 2 is 1.81 bits per heavy atom. The van der Waals surface area contributed by atoms with Crippen LogP contribution in [0.1, 0.15) is 39.0 Å². The Kier molecular flexibility index (Phi) is 6.64. The molecule has 0 aliphatic heterocycles. The Hall–Kier alpha value is -1.93. The summed E-state index contributed by atoms with van der Waals surface area (Å²) in [7, 11) is 0.